The van der Waals surface area contributed by atoms with Gasteiger partial charge < -0.3 is 5.32 Å². The van der Waals surface area contributed by atoms with Crippen LogP contribution in [-0.4, -0.2) is 32.5 Å². The molecule has 1 atom stereocenters. The second kappa shape index (κ2) is 6.60. The maximum Gasteiger partial charge on any atom is 0.408 e. The Morgan fingerprint density at radius 2 is 2.18 bits per heavy atom. The number of hydrogen-bond donors (Lipinski definition) is 1. The number of carbonyl (C=O) groups excluding carboxylic acids is 1. The van der Waals surface area contributed by atoms with Gasteiger partial charge in [0.2, 0.25) is 5.00 Å². The van der Waals surface area contributed by atoms with E-state index in [1.165, 1.54) is 17.7 Å². The number of hydrogen-bond acceptors (Lipinski definition) is 4. The van der Waals surface area contributed by atoms with Gasteiger partial charge in [0.25, 0.3) is 5.91 Å². The van der Waals surface area contributed by atoms with Gasteiger partial charge in [-0.1, -0.05) is 6.07 Å². The monoisotopic (exact) mass is 405 g/mol. The lowest BCUT2D eigenvalue weighted by molar-refractivity contribution is -0.158. The van der Waals surface area contributed by atoms with Gasteiger partial charge in [-0.2, -0.15) is 24.5 Å². The molecule has 0 spiro atoms. The normalized spacial score (nSPS) is 15.4. The molecule has 1 fully saturated rings. The number of carbonyl (C=O) groups is 1. The maximum absolute atomic E-state index is 13.2. The SMILES string of the molecule is [C-]#[N+]c1ccc(-c2cc(C)n3cnc(C(=O)NC(C4CC4)C(F)(F)F)c3n2)s1. The summed E-state index contributed by atoms with van der Waals surface area (Å²) in [5.41, 5.74) is 1.29. The van der Waals surface area contributed by atoms with Gasteiger partial charge >= 0.3 is 6.18 Å². The highest BCUT2D eigenvalue weighted by atomic mass is 32.1. The molecular formula is C18H14F3N5OS. The number of thiophene rings is 1. The molecule has 3 heterocycles. The van der Waals surface area contributed by atoms with Crippen LogP contribution in [0.25, 0.3) is 21.1 Å². The number of aryl methyl sites for hydroxylation is 1. The zero-order chi connectivity index (χ0) is 20.1. The lowest BCUT2D eigenvalue weighted by Crippen LogP contribution is -2.47. The molecule has 10 heteroatoms. The van der Waals surface area contributed by atoms with Crippen molar-refractivity contribution in [1.82, 2.24) is 19.7 Å². The van der Waals surface area contributed by atoms with Crippen LogP contribution >= 0.6 is 11.3 Å². The maximum atomic E-state index is 13.2. The van der Waals surface area contributed by atoms with Crippen LogP contribution in [0.4, 0.5) is 18.2 Å². The number of fused-ring (bicyclic) bond motifs is 1. The summed E-state index contributed by atoms with van der Waals surface area (Å²) in [6, 6.07) is 3.32. The Bertz CT molecular complexity index is 1110. The smallest absolute Gasteiger partial charge is 0.339 e. The van der Waals surface area contributed by atoms with E-state index in [1.807, 2.05) is 0 Å². The molecule has 0 saturated heterocycles. The van der Waals surface area contributed by atoms with Crippen molar-refractivity contribution in [1.29, 1.82) is 0 Å². The molecule has 6 nitrogen and oxygen atoms in total. The Hall–Kier alpha value is -2.93. The summed E-state index contributed by atoms with van der Waals surface area (Å²) < 4.78 is 41.3. The van der Waals surface area contributed by atoms with Gasteiger partial charge in [0.1, 0.15) is 12.4 Å². The van der Waals surface area contributed by atoms with Crippen molar-refractivity contribution in [3.8, 4) is 10.6 Å². The molecular weight excluding hydrogens is 391 g/mol. The number of nitrogens with zero attached hydrogens (tertiary/aromatic N) is 4. The second-order valence-corrected chi connectivity index (χ2v) is 7.71. The topological polar surface area (TPSA) is 63.7 Å². The van der Waals surface area contributed by atoms with Crippen LogP contribution < -0.4 is 5.32 Å². The zero-order valence-electron chi connectivity index (χ0n) is 14.6. The van der Waals surface area contributed by atoms with E-state index >= 15 is 0 Å². The number of imidazole rings is 1. The molecule has 1 N–H and O–H groups in total. The predicted molar refractivity (Wildman–Crippen MR) is 97.3 cm³/mol. The molecule has 1 unspecified atom stereocenters. The first-order valence-corrected chi connectivity index (χ1v) is 9.29. The van der Waals surface area contributed by atoms with Crippen molar-refractivity contribution in [2.45, 2.75) is 32.0 Å². The average Bonchev–Trinajstić information content (AvgIpc) is 3.18. The molecule has 0 aliphatic heterocycles. The molecule has 0 bridgehead atoms. The highest BCUT2D eigenvalue weighted by molar-refractivity contribution is 7.19. The summed E-state index contributed by atoms with van der Waals surface area (Å²) in [4.78, 5) is 25.1. The lowest BCUT2D eigenvalue weighted by atomic mass is 10.1. The van der Waals surface area contributed by atoms with Crippen LogP contribution in [0.1, 0.15) is 29.0 Å². The van der Waals surface area contributed by atoms with Crippen LogP contribution in [0.5, 0.6) is 0 Å². The van der Waals surface area contributed by atoms with Crippen molar-refractivity contribution in [3.05, 3.63) is 47.3 Å². The Balaban J connectivity index is 1.71. The zero-order valence-corrected chi connectivity index (χ0v) is 15.4. The largest absolute Gasteiger partial charge is 0.408 e. The van der Waals surface area contributed by atoms with E-state index in [2.05, 4.69) is 20.1 Å². The van der Waals surface area contributed by atoms with Crippen molar-refractivity contribution in [2.24, 2.45) is 5.92 Å². The van der Waals surface area contributed by atoms with Crippen LogP contribution in [0.15, 0.2) is 24.5 Å². The highest BCUT2D eigenvalue weighted by Gasteiger charge is 2.50. The number of nitrogens with one attached hydrogen (secondary N) is 1. The van der Waals surface area contributed by atoms with Gasteiger partial charge in [-0.15, -0.1) is 0 Å². The molecule has 0 aromatic carbocycles. The van der Waals surface area contributed by atoms with E-state index in [0.29, 0.717) is 23.5 Å². The number of amides is 1. The summed E-state index contributed by atoms with van der Waals surface area (Å²) in [5.74, 6) is -1.48. The number of rotatable bonds is 4. The van der Waals surface area contributed by atoms with E-state index in [9.17, 15) is 18.0 Å². The van der Waals surface area contributed by atoms with Crippen molar-refractivity contribution < 1.29 is 18.0 Å². The molecule has 3 aromatic heterocycles. The summed E-state index contributed by atoms with van der Waals surface area (Å²) in [7, 11) is 0. The van der Waals surface area contributed by atoms with Crippen molar-refractivity contribution >= 4 is 27.9 Å². The number of aromatic nitrogens is 3. The molecule has 1 aliphatic rings. The first-order valence-electron chi connectivity index (χ1n) is 8.48. The Morgan fingerprint density at radius 1 is 1.43 bits per heavy atom. The third-order valence-electron chi connectivity index (χ3n) is 4.60. The summed E-state index contributed by atoms with van der Waals surface area (Å²) >= 11 is 1.25. The van der Waals surface area contributed by atoms with E-state index in [4.69, 9.17) is 6.57 Å². The van der Waals surface area contributed by atoms with Gasteiger partial charge in [-0.25, -0.2) is 14.8 Å². The molecule has 4 rings (SSSR count). The summed E-state index contributed by atoms with van der Waals surface area (Å²) in [6.07, 6.45) is -2.25. The second-order valence-electron chi connectivity index (χ2n) is 6.65. The fraction of sp³-hybridized carbons (Fsp3) is 0.333. The molecule has 1 saturated carbocycles. The van der Waals surface area contributed by atoms with E-state index < -0.39 is 24.0 Å². The predicted octanol–water partition coefficient (Wildman–Crippen LogP) is 4.39. The number of alkyl halides is 3. The van der Waals surface area contributed by atoms with Gasteiger partial charge in [0.05, 0.1) is 12.3 Å². The van der Waals surface area contributed by atoms with Crippen molar-refractivity contribution in [2.75, 3.05) is 0 Å². The minimum Gasteiger partial charge on any atom is -0.339 e. The standard InChI is InChI=1S/C18H14F3N5OS/c1-9-7-11(12-5-6-13(22-2)28-12)24-16-14(23-8-26(9)16)17(27)25-15(10-3-4-10)18(19,20)21/h5-8,10,15H,3-4H2,1H3,(H,25,27). The quantitative estimate of drug-likeness (QED) is 0.655. The fourth-order valence-electron chi connectivity index (χ4n) is 3.04. The fourth-order valence-corrected chi connectivity index (χ4v) is 3.79. The van der Waals surface area contributed by atoms with E-state index in [-0.39, 0.29) is 11.3 Å². The van der Waals surface area contributed by atoms with E-state index in [1.54, 1.807) is 29.5 Å². The Labute approximate surface area is 161 Å². The minimum atomic E-state index is -4.51. The highest BCUT2D eigenvalue weighted by Crippen LogP contribution is 2.40. The van der Waals surface area contributed by atoms with Gasteiger partial charge in [-0.05, 0) is 37.8 Å². The minimum absolute atomic E-state index is 0.151. The van der Waals surface area contributed by atoms with Crippen LogP contribution in [0.3, 0.4) is 0 Å². The van der Waals surface area contributed by atoms with Crippen molar-refractivity contribution in [3.63, 3.8) is 0 Å². The lowest BCUT2D eigenvalue weighted by Gasteiger charge is -2.20. The summed E-state index contributed by atoms with van der Waals surface area (Å²) in [5, 5.41) is 2.59. The van der Waals surface area contributed by atoms with Gasteiger partial charge in [-0.3, -0.25) is 9.20 Å². The van der Waals surface area contributed by atoms with Crippen LogP contribution in [-0.2, 0) is 0 Å². The van der Waals surface area contributed by atoms with Gasteiger partial charge in [0, 0.05) is 10.6 Å². The first kappa shape index (κ1) is 18.4. The third-order valence-corrected chi connectivity index (χ3v) is 5.60. The van der Waals surface area contributed by atoms with Crippen LogP contribution in [0.2, 0.25) is 0 Å². The first-order chi connectivity index (χ1) is 13.3. The summed E-state index contributed by atoms with van der Waals surface area (Å²) in [6.45, 7) is 8.86. The molecule has 28 heavy (non-hydrogen) atoms. The third kappa shape index (κ3) is 3.33. The Kier molecular flexibility index (Phi) is 4.34. The van der Waals surface area contributed by atoms with Gasteiger partial charge in [0.15, 0.2) is 11.3 Å². The molecule has 0 radical (unpaired) electrons. The van der Waals surface area contributed by atoms with Crippen LogP contribution in [0, 0.1) is 19.4 Å². The Morgan fingerprint density at radius 3 is 2.79 bits per heavy atom. The molecule has 3 aromatic rings. The molecule has 144 valence electrons. The molecule has 1 amide bonds. The average molecular weight is 405 g/mol. The van der Waals surface area contributed by atoms with E-state index in [0.717, 1.165) is 10.6 Å². The molecule has 1 aliphatic carbocycles. The number of halogens is 3.